The second kappa shape index (κ2) is 5.85. The standard InChI is InChI=1S/C18H14N2O2S/c21-18(19-13-7-2-1-3-8-13)20-14-9-4-5-11-16(14)23-17(20)15-10-6-12-22-15/h1-12,17H,(H,19,21). The van der Waals surface area contributed by atoms with Crippen LogP contribution in [-0.4, -0.2) is 6.03 Å². The highest BCUT2D eigenvalue weighted by molar-refractivity contribution is 8.00. The van der Waals surface area contributed by atoms with Gasteiger partial charge in [0.05, 0.1) is 12.0 Å². The van der Waals surface area contributed by atoms with Crippen molar-refractivity contribution in [3.05, 3.63) is 78.8 Å². The second-order valence-electron chi connectivity index (χ2n) is 5.12. The van der Waals surface area contributed by atoms with E-state index in [9.17, 15) is 4.79 Å². The maximum absolute atomic E-state index is 12.8. The number of thioether (sulfide) groups is 1. The number of nitrogens with zero attached hydrogens (tertiary/aromatic N) is 1. The highest BCUT2D eigenvalue weighted by Crippen LogP contribution is 2.51. The molecule has 1 aromatic heterocycles. The summed E-state index contributed by atoms with van der Waals surface area (Å²) in [4.78, 5) is 15.7. The Hall–Kier alpha value is -2.66. The van der Waals surface area contributed by atoms with Crippen molar-refractivity contribution in [1.82, 2.24) is 0 Å². The first-order valence-corrected chi connectivity index (χ1v) is 8.15. The summed E-state index contributed by atoms with van der Waals surface area (Å²) in [6.07, 6.45) is 1.63. The van der Waals surface area contributed by atoms with Crippen molar-refractivity contribution in [1.29, 1.82) is 0 Å². The van der Waals surface area contributed by atoms with Gasteiger partial charge in [0.15, 0.2) is 0 Å². The van der Waals surface area contributed by atoms with Gasteiger partial charge in [-0.05, 0) is 36.4 Å². The molecule has 1 unspecified atom stereocenters. The highest BCUT2D eigenvalue weighted by atomic mass is 32.2. The number of fused-ring (bicyclic) bond motifs is 1. The number of nitrogens with one attached hydrogen (secondary N) is 1. The summed E-state index contributed by atoms with van der Waals surface area (Å²) in [6.45, 7) is 0. The molecule has 0 bridgehead atoms. The zero-order valence-corrected chi connectivity index (χ0v) is 13.0. The van der Waals surface area contributed by atoms with E-state index in [1.165, 1.54) is 0 Å². The fourth-order valence-electron chi connectivity index (χ4n) is 2.59. The van der Waals surface area contributed by atoms with Gasteiger partial charge < -0.3 is 9.73 Å². The maximum atomic E-state index is 12.8. The molecule has 2 aromatic carbocycles. The third kappa shape index (κ3) is 2.59. The molecule has 0 aliphatic carbocycles. The Labute approximate surface area is 138 Å². The van der Waals surface area contributed by atoms with Gasteiger partial charge in [-0.3, -0.25) is 4.90 Å². The number of para-hydroxylation sites is 2. The van der Waals surface area contributed by atoms with Gasteiger partial charge in [-0.1, -0.05) is 42.1 Å². The Balaban J connectivity index is 1.69. The van der Waals surface area contributed by atoms with Gasteiger partial charge in [0.1, 0.15) is 11.1 Å². The molecule has 3 aromatic rings. The molecule has 1 N–H and O–H groups in total. The molecule has 0 saturated heterocycles. The molecule has 0 fully saturated rings. The number of benzene rings is 2. The van der Waals surface area contributed by atoms with E-state index in [4.69, 9.17) is 4.42 Å². The van der Waals surface area contributed by atoms with Crippen LogP contribution >= 0.6 is 11.8 Å². The fraction of sp³-hybridized carbons (Fsp3) is 0.0556. The zero-order chi connectivity index (χ0) is 15.6. The highest BCUT2D eigenvalue weighted by Gasteiger charge is 2.37. The molecule has 2 amide bonds. The largest absolute Gasteiger partial charge is 0.466 e. The topological polar surface area (TPSA) is 45.5 Å². The van der Waals surface area contributed by atoms with Crippen molar-refractivity contribution < 1.29 is 9.21 Å². The number of hydrogen-bond acceptors (Lipinski definition) is 3. The summed E-state index contributed by atoms with van der Waals surface area (Å²) in [5.41, 5.74) is 1.66. The number of carbonyl (C=O) groups excluding carboxylic acids is 1. The lowest BCUT2D eigenvalue weighted by Gasteiger charge is -2.23. The monoisotopic (exact) mass is 322 g/mol. The van der Waals surface area contributed by atoms with E-state index in [1.807, 2.05) is 66.7 Å². The fourth-order valence-corrected chi connectivity index (χ4v) is 3.84. The summed E-state index contributed by atoms with van der Waals surface area (Å²) in [7, 11) is 0. The predicted molar refractivity (Wildman–Crippen MR) is 91.7 cm³/mol. The number of hydrogen-bond donors (Lipinski definition) is 1. The SMILES string of the molecule is O=C(Nc1ccccc1)N1c2ccccc2SC1c1ccco1. The third-order valence-electron chi connectivity index (χ3n) is 3.63. The molecule has 0 saturated carbocycles. The first-order valence-electron chi connectivity index (χ1n) is 7.27. The number of furan rings is 1. The van der Waals surface area contributed by atoms with Gasteiger partial charge in [0.2, 0.25) is 0 Å². The van der Waals surface area contributed by atoms with Crippen LogP contribution in [0, 0.1) is 0 Å². The van der Waals surface area contributed by atoms with Gasteiger partial charge in [0.25, 0.3) is 0 Å². The van der Waals surface area contributed by atoms with Gasteiger partial charge in [-0.2, -0.15) is 0 Å². The normalized spacial score (nSPS) is 16.2. The van der Waals surface area contributed by atoms with Crippen LogP contribution < -0.4 is 10.2 Å². The van der Waals surface area contributed by atoms with Gasteiger partial charge in [0, 0.05) is 10.6 Å². The Bertz CT molecular complexity index is 818. The number of urea groups is 1. The molecule has 23 heavy (non-hydrogen) atoms. The van der Waals surface area contributed by atoms with Crippen LogP contribution in [0.5, 0.6) is 0 Å². The quantitative estimate of drug-likeness (QED) is 0.712. The van der Waals surface area contributed by atoms with Crippen molar-refractivity contribution in [2.24, 2.45) is 0 Å². The van der Waals surface area contributed by atoms with Crippen LogP contribution in [0.15, 0.2) is 82.3 Å². The molecule has 1 atom stereocenters. The lowest BCUT2D eigenvalue weighted by Crippen LogP contribution is -2.34. The van der Waals surface area contributed by atoms with Crippen molar-refractivity contribution in [2.75, 3.05) is 10.2 Å². The average molecular weight is 322 g/mol. The minimum Gasteiger partial charge on any atom is -0.466 e. The molecule has 0 spiro atoms. The van der Waals surface area contributed by atoms with E-state index in [2.05, 4.69) is 5.32 Å². The first kappa shape index (κ1) is 14.0. The van der Waals surface area contributed by atoms with Crippen LogP contribution in [0.4, 0.5) is 16.2 Å². The minimum absolute atomic E-state index is 0.171. The molecule has 114 valence electrons. The van der Waals surface area contributed by atoms with Crippen LogP contribution in [-0.2, 0) is 0 Å². The van der Waals surface area contributed by atoms with Crippen LogP contribution in [0.3, 0.4) is 0 Å². The van der Waals surface area contributed by atoms with E-state index in [-0.39, 0.29) is 11.4 Å². The molecule has 5 heteroatoms. The molecular formula is C18H14N2O2S. The van der Waals surface area contributed by atoms with Crippen molar-refractivity contribution in [3.8, 4) is 0 Å². The lowest BCUT2D eigenvalue weighted by molar-refractivity contribution is 0.256. The Kier molecular flexibility index (Phi) is 3.55. The van der Waals surface area contributed by atoms with E-state index in [1.54, 1.807) is 22.9 Å². The van der Waals surface area contributed by atoms with Gasteiger partial charge in [-0.25, -0.2) is 4.79 Å². The van der Waals surface area contributed by atoms with Gasteiger partial charge in [-0.15, -0.1) is 0 Å². The molecule has 1 aliphatic heterocycles. The van der Waals surface area contributed by atoms with Crippen molar-refractivity contribution in [2.45, 2.75) is 10.3 Å². The predicted octanol–water partition coefficient (Wildman–Crippen LogP) is 5.12. The summed E-state index contributed by atoms with van der Waals surface area (Å²) in [5.74, 6) is 0.759. The molecular weight excluding hydrogens is 308 g/mol. The summed E-state index contributed by atoms with van der Waals surface area (Å²) < 4.78 is 5.54. The van der Waals surface area contributed by atoms with Crippen molar-refractivity contribution in [3.63, 3.8) is 0 Å². The van der Waals surface area contributed by atoms with Crippen molar-refractivity contribution >= 4 is 29.2 Å². The first-order chi connectivity index (χ1) is 11.3. The zero-order valence-electron chi connectivity index (χ0n) is 12.2. The Morgan fingerprint density at radius 2 is 1.78 bits per heavy atom. The summed E-state index contributed by atoms with van der Waals surface area (Å²) >= 11 is 1.61. The van der Waals surface area contributed by atoms with E-state index >= 15 is 0 Å². The molecule has 4 rings (SSSR count). The van der Waals surface area contributed by atoms with Crippen LogP contribution in [0.25, 0.3) is 0 Å². The molecule has 4 nitrogen and oxygen atoms in total. The summed E-state index contributed by atoms with van der Waals surface area (Å²) in [5, 5.41) is 2.75. The van der Waals surface area contributed by atoms with Gasteiger partial charge >= 0.3 is 6.03 Å². The Morgan fingerprint density at radius 1 is 1.00 bits per heavy atom. The number of amides is 2. The maximum Gasteiger partial charge on any atom is 0.327 e. The smallest absolute Gasteiger partial charge is 0.327 e. The van der Waals surface area contributed by atoms with Crippen LogP contribution in [0.1, 0.15) is 11.1 Å². The number of carbonyl (C=O) groups is 1. The minimum atomic E-state index is -0.203. The van der Waals surface area contributed by atoms with E-state index in [0.29, 0.717) is 0 Å². The lowest BCUT2D eigenvalue weighted by atomic mass is 10.2. The van der Waals surface area contributed by atoms with E-state index < -0.39 is 0 Å². The third-order valence-corrected chi connectivity index (χ3v) is 4.89. The van der Waals surface area contributed by atoms with Crippen LogP contribution in [0.2, 0.25) is 0 Å². The molecule has 1 aliphatic rings. The number of anilines is 2. The molecule has 0 radical (unpaired) electrons. The second-order valence-corrected chi connectivity index (χ2v) is 6.24. The number of rotatable bonds is 2. The Morgan fingerprint density at radius 3 is 2.57 bits per heavy atom. The average Bonchev–Trinajstić information content (AvgIpc) is 3.23. The molecule has 2 heterocycles. The summed E-state index contributed by atoms with van der Waals surface area (Å²) in [6, 6.07) is 20.9. The van der Waals surface area contributed by atoms with E-state index in [0.717, 1.165) is 22.0 Å².